The van der Waals surface area contributed by atoms with Crippen LogP contribution in [0.25, 0.3) is 5.69 Å². The molecule has 0 aliphatic carbocycles. The lowest BCUT2D eigenvalue weighted by Gasteiger charge is -2.07. The number of hydrogen-bond acceptors (Lipinski definition) is 3. The Balaban J connectivity index is 1.70. The average Bonchev–Trinajstić information content (AvgIpc) is 2.87. The van der Waals surface area contributed by atoms with Gasteiger partial charge < -0.3 is 5.32 Å². The van der Waals surface area contributed by atoms with E-state index in [9.17, 15) is 9.59 Å². The Morgan fingerprint density at radius 2 is 1.65 bits per heavy atom. The fourth-order valence-corrected chi connectivity index (χ4v) is 3.51. The Bertz CT molecular complexity index is 946. The van der Waals surface area contributed by atoms with E-state index in [-0.39, 0.29) is 11.5 Å². The van der Waals surface area contributed by atoms with E-state index >= 15 is 0 Å². The van der Waals surface area contributed by atoms with Crippen molar-refractivity contribution in [2.45, 2.75) is 12.7 Å². The molecule has 0 saturated carbocycles. The van der Waals surface area contributed by atoms with Gasteiger partial charge in [0.05, 0.1) is 17.1 Å². The number of benzene rings is 2. The third-order valence-electron chi connectivity index (χ3n) is 4.16. The lowest BCUT2D eigenvalue weighted by molar-refractivity contribution is -0.113. The summed E-state index contributed by atoms with van der Waals surface area (Å²) < 4.78 is 3.31. The molecule has 0 aliphatic heterocycles. The zero-order chi connectivity index (χ0) is 18.5. The molecule has 0 saturated heterocycles. The molecule has 0 fully saturated rings. The zero-order valence-corrected chi connectivity index (χ0v) is 15.6. The number of thioether (sulfide) groups is 1. The number of nitrogens with zero attached hydrogens (tertiary/aromatic N) is 2. The van der Waals surface area contributed by atoms with Crippen molar-refractivity contribution >= 4 is 23.4 Å². The van der Waals surface area contributed by atoms with Gasteiger partial charge in [-0.1, -0.05) is 48.5 Å². The smallest absolute Gasteiger partial charge is 0.295 e. The summed E-state index contributed by atoms with van der Waals surface area (Å²) in [4.78, 5) is 25.0. The van der Waals surface area contributed by atoms with Crippen LogP contribution in [-0.2, 0) is 17.6 Å². The van der Waals surface area contributed by atoms with Gasteiger partial charge in [0.1, 0.15) is 5.69 Å². The first kappa shape index (κ1) is 18.1. The molecule has 3 rings (SSSR count). The number of para-hydroxylation sites is 1. The van der Waals surface area contributed by atoms with Crippen LogP contribution in [0, 0.1) is 6.92 Å². The van der Waals surface area contributed by atoms with Crippen LogP contribution in [0.1, 0.15) is 11.3 Å². The highest BCUT2D eigenvalue weighted by Gasteiger charge is 2.17. The number of nitrogens with one attached hydrogen (secondary N) is 1. The Morgan fingerprint density at radius 3 is 2.31 bits per heavy atom. The van der Waals surface area contributed by atoms with Crippen LogP contribution >= 0.6 is 11.8 Å². The minimum atomic E-state index is -0.224. The van der Waals surface area contributed by atoms with Crippen molar-refractivity contribution in [3.63, 3.8) is 0 Å². The monoisotopic (exact) mass is 367 g/mol. The maximum Gasteiger partial charge on any atom is 0.295 e. The molecule has 5 nitrogen and oxygen atoms in total. The molecule has 3 aromatic rings. The molecule has 2 aromatic carbocycles. The van der Waals surface area contributed by atoms with Gasteiger partial charge in [0.2, 0.25) is 5.91 Å². The summed E-state index contributed by atoms with van der Waals surface area (Å²) in [5, 5.41) is 2.78. The number of carbonyl (C=O) groups is 1. The number of rotatable bonds is 6. The van der Waals surface area contributed by atoms with Crippen LogP contribution in [0.2, 0.25) is 0 Å². The van der Waals surface area contributed by atoms with Crippen molar-refractivity contribution in [1.29, 1.82) is 0 Å². The first-order valence-electron chi connectivity index (χ1n) is 8.33. The van der Waals surface area contributed by atoms with E-state index in [0.717, 1.165) is 17.1 Å². The largest absolute Gasteiger partial charge is 0.319 e. The van der Waals surface area contributed by atoms with E-state index in [1.807, 2.05) is 74.6 Å². The molecular formula is C20H21N3O2S. The van der Waals surface area contributed by atoms with Gasteiger partial charge in [0.15, 0.2) is 0 Å². The van der Waals surface area contributed by atoms with Gasteiger partial charge in [0, 0.05) is 12.8 Å². The zero-order valence-electron chi connectivity index (χ0n) is 14.8. The SMILES string of the molecule is Cc1c(NC(=O)CSCc2ccccc2)c(=O)n(-c2ccccc2)n1C. The quantitative estimate of drug-likeness (QED) is 0.727. The fraction of sp³-hybridized carbons (Fsp3) is 0.200. The standard InChI is InChI=1S/C20H21N3O2S/c1-15-19(20(25)23(22(15)2)17-11-7-4-8-12-17)21-18(24)14-26-13-16-9-5-3-6-10-16/h3-12H,13-14H2,1-2H3,(H,21,24). The van der Waals surface area contributed by atoms with Crippen LogP contribution in [0.4, 0.5) is 5.69 Å². The molecule has 1 heterocycles. The molecule has 1 N–H and O–H groups in total. The second-order valence-corrected chi connectivity index (χ2v) is 6.95. The van der Waals surface area contributed by atoms with E-state index in [1.54, 1.807) is 9.36 Å². The predicted molar refractivity (Wildman–Crippen MR) is 107 cm³/mol. The van der Waals surface area contributed by atoms with Crippen molar-refractivity contribution in [1.82, 2.24) is 9.36 Å². The third kappa shape index (κ3) is 3.91. The van der Waals surface area contributed by atoms with Gasteiger partial charge >= 0.3 is 0 Å². The summed E-state index contributed by atoms with van der Waals surface area (Å²) in [5.74, 6) is 0.890. The lowest BCUT2D eigenvalue weighted by Crippen LogP contribution is -2.23. The van der Waals surface area contributed by atoms with Crippen molar-refractivity contribution in [2.24, 2.45) is 7.05 Å². The summed E-state index contributed by atoms with van der Waals surface area (Å²) in [6, 6.07) is 19.4. The normalized spacial score (nSPS) is 10.7. The molecule has 1 aromatic heterocycles. The average molecular weight is 367 g/mol. The number of aromatic nitrogens is 2. The Kier molecular flexibility index (Phi) is 5.63. The van der Waals surface area contributed by atoms with Gasteiger partial charge in [-0.2, -0.15) is 0 Å². The van der Waals surface area contributed by atoms with Crippen LogP contribution < -0.4 is 10.9 Å². The third-order valence-corrected chi connectivity index (χ3v) is 5.17. The molecule has 0 bridgehead atoms. The van der Waals surface area contributed by atoms with E-state index in [0.29, 0.717) is 11.4 Å². The van der Waals surface area contributed by atoms with Crippen LogP contribution in [0.5, 0.6) is 0 Å². The first-order chi connectivity index (χ1) is 12.6. The summed E-state index contributed by atoms with van der Waals surface area (Å²) in [6.45, 7) is 1.83. The summed E-state index contributed by atoms with van der Waals surface area (Å²) in [7, 11) is 1.81. The topological polar surface area (TPSA) is 56.0 Å². The molecule has 0 radical (unpaired) electrons. The van der Waals surface area contributed by atoms with Gasteiger partial charge in [-0.3, -0.25) is 14.3 Å². The minimum absolute atomic E-state index is 0.169. The van der Waals surface area contributed by atoms with Gasteiger partial charge in [-0.05, 0) is 24.6 Å². The van der Waals surface area contributed by atoms with Gasteiger partial charge in [0.25, 0.3) is 5.56 Å². The molecule has 6 heteroatoms. The lowest BCUT2D eigenvalue weighted by atomic mass is 10.2. The molecule has 26 heavy (non-hydrogen) atoms. The molecule has 0 atom stereocenters. The Morgan fingerprint density at radius 1 is 1.04 bits per heavy atom. The summed E-state index contributed by atoms with van der Waals surface area (Å²) in [6.07, 6.45) is 0. The van der Waals surface area contributed by atoms with E-state index < -0.39 is 0 Å². The molecule has 1 amide bonds. The van der Waals surface area contributed by atoms with Gasteiger partial charge in [-0.25, -0.2) is 4.68 Å². The highest BCUT2D eigenvalue weighted by molar-refractivity contribution is 7.99. The Hall–Kier alpha value is -2.73. The highest BCUT2D eigenvalue weighted by atomic mass is 32.2. The molecule has 0 spiro atoms. The van der Waals surface area contributed by atoms with Crippen molar-refractivity contribution in [3.05, 3.63) is 82.3 Å². The second kappa shape index (κ2) is 8.10. The van der Waals surface area contributed by atoms with Crippen LogP contribution in [0.3, 0.4) is 0 Å². The number of amides is 1. The molecule has 0 unspecified atom stereocenters. The number of hydrogen-bond donors (Lipinski definition) is 1. The maximum atomic E-state index is 12.8. The van der Waals surface area contributed by atoms with Crippen molar-refractivity contribution in [2.75, 3.05) is 11.1 Å². The van der Waals surface area contributed by atoms with E-state index in [4.69, 9.17) is 0 Å². The van der Waals surface area contributed by atoms with Crippen molar-refractivity contribution in [3.8, 4) is 5.69 Å². The summed E-state index contributed by atoms with van der Waals surface area (Å²) in [5.41, 5.74) is 2.77. The van der Waals surface area contributed by atoms with Crippen LogP contribution in [-0.4, -0.2) is 21.0 Å². The first-order valence-corrected chi connectivity index (χ1v) is 9.49. The molecule has 0 aliphatic rings. The molecular weight excluding hydrogens is 346 g/mol. The minimum Gasteiger partial charge on any atom is -0.319 e. The van der Waals surface area contributed by atoms with Crippen LogP contribution in [0.15, 0.2) is 65.5 Å². The van der Waals surface area contributed by atoms with E-state index in [2.05, 4.69) is 5.32 Å². The van der Waals surface area contributed by atoms with Crippen molar-refractivity contribution < 1.29 is 4.79 Å². The number of carbonyl (C=O) groups excluding carboxylic acids is 1. The highest BCUT2D eigenvalue weighted by Crippen LogP contribution is 2.16. The summed E-state index contributed by atoms with van der Waals surface area (Å²) >= 11 is 1.53. The Labute approximate surface area is 156 Å². The predicted octanol–water partition coefficient (Wildman–Crippen LogP) is 3.36. The second-order valence-electron chi connectivity index (χ2n) is 5.96. The number of anilines is 1. The van der Waals surface area contributed by atoms with E-state index in [1.165, 1.54) is 17.3 Å². The molecule has 134 valence electrons. The fourth-order valence-electron chi connectivity index (χ4n) is 2.72. The maximum absolute atomic E-state index is 12.8. The van der Waals surface area contributed by atoms with Gasteiger partial charge in [-0.15, -0.1) is 11.8 Å².